The van der Waals surface area contributed by atoms with Crippen LogP contribution in [0.3, 0.4) is 0 Å². The molecule has 0 spiro atoms. The fourth-order valence-electron chi connectivity index (χ4n) is 3.64. The number of aliphatic hydroxyl groups is 1. The van der Waals surface area contributed by atoms with Crippen LogP contribution in [0.25, 0.3) is 10.9 Å². The first-order valence-electron chi connectivity index (χ1n) is 11.2. The number of hydrogen-bond donors (Lipinski definition) is 3. The second-order valence-electron chi connectivity index (χ2n) is 9.31. The number of nitrogens with zero attached hydrogens (tertiary/aromatic N) is 2. The second-order valence-corrected chi connectivity index (χ2v) is 9.31. The maximum absolute atomic E-state index is 13.2. The normalized spacial score (nSPS) is 12.9. The lowest BCUT2D eigenvalue weighted by molar-refractivity contribution is -0.137. The number of carbonyl (C=O) groups is 3. The number of aromatic nitrogens is 2. The number of amides is 2. The van der Waals surface area contributed by atoms with E-state index in [1.54, 1.807) is 45.0 Å². The van der Waals surface area contributed by atoms with Crippen LogP contribution in [0.15, 0.2) is 48.5 Å². The van der Waals surface area contributed by atoms with Gasteiger partial charge in [-0.1, -0.05) is 51.1 Å². The zero-order valence-electron chi connectivity index (χ0n) is 20.0. The van der Waals surface area contributed by atoms with Crippen molar-refractivity contribution in [3.05, 3.63) is 65.4 Å². The first-order valence-corrected chi connectivity index (χ1v) is 11.2. The fraction of sp³-hybridized carbons (Fsp3) is 0.360. The molecule has 11 heteroatoms. The SMILES string of the molecule is CC(C)(C)[C@H](NC(=O)c1nn(CC(=O)c2ccc(C(F)(F)F)cc2)c2ccccc12)C(=O)NCCO. The van der Waals surface area contributed by atoms with Gasteiger partial charge in [-0.25, -0.2) is 0 Å². The molecule has 1 heterocycles. The summed E-state index contributed by atoms with van der Waals surface area (Å²) < 4.78 is 39.8. The molecule has 8 nitrogen and oxygen atoms in total. The van der Waals surface area contributed by atoms with Gasteiger partial charge in [0.15, 0.2) is 11.5 Å². The van der Waals surface area contributed by atoms with Gasteiger partial charge >= 0.3 is 6.18 Å². The van der Waals surface area contributed by atoms with E-state index < -0.39 is 40.8 Å². The number of ketones is 1. The molecule has 1 atom stereocenters. The fourth-order valence-corrected chi connectivity index (χ4v) is 3.64. The largest absolute Gasteiger partial charge is 0.416 e. The summed E-state index contributed by atoms with van der Waals surface area (Å²) in [7, 11) is 0. The van der Waals surface area contributed by atoms with E-state index in [9.17, 15) is 27.6 Å². The summed E-state index contributed by atoms with van der Waals surface area (Å²) in [5.74, 6) is -1.59. The minimum atomic E-state index is -4.51. The highest BCUT2D eigenvalue weighted by Gasteiger charge is 2.34. The minimum Gasteiger partial charge on any atom is -0.395 e. The molecular weight excluding hydrogens is 477 g/mol. The molecule has 3 N–H and O–H groups in total. The first kappa shape index (κ1) is 26.9. The highest BCUT2D eigenvalue weighted by Crippen LogP contribution is 2.29. The number of aliphatic hydroxyl groups excluding tert-OH is 1. The number of benzene rings is 2. The highest BCUT2D eigenvalue weighted by molar-refractivity contribution is 6.06. The van der Waals surface area contributed by atoms with Crippen LogP contribution in [0, 0.1) is 5.41 Å². The molecular formula is C25H27F3N4O4. The van der Waals surface area contributed by atoms with Gasteiger partial charge in [0.25, 0.3) is 5.91 Å². The number of alkyl halides is 3. The zero-order chi connectivity index (χ0) is 26.7. The van der Waals surface area contributed by atoms with Crippen LogP contribution in [0.2, 0.25) is 0 Å². The standard InChI is InChI=1S/C25H27F3N4O4/c1-24(2,3)21(23(36)29-12-13-33)30-22(35)20-17-6-4-5-7-18(17)32(31-20)14-19(34)15-8-10-16(11-9-15)25(26,27)28/h4-11,21,33H,12-14H2,1-3H3,(H,29,36)(H,30,35)/t21-/m1/s1. The summed E-state index contributed by atoms with van der Waals surface area (Å²) >= 11 is 0. The molecule has 3 aromatic rings. The third-order valence-corrected chi connectivity index (χ3v) is 5.52. The molecule has 36 heavy (non-hydrogen) atoms. The van der Waals surface area contributed by atoms with E-state index in [2.05, 4.69) is 15.7 Å². The number of para-hydroxylation sites is 1. The predicted octanol–water partition coefficient (Wildman–Crippen LogP) is 3.19. The van der Waals surface area contributed by atoms with Crippen molar-refractivity contribution in [1.29, 1.82) is 0 Å². The van der Waals surface area contributed by atoms with Gasteiger partial charge in [0.05, 0.1) is 17.7 Å². The third kappa shape index (κ3) is 6.09. The van der Waals surface area contributed by atoms with Gasteiger partial charge in [-0.3, -0.25) is 19.1 Å². The maximum atomic E-state index is 13.2. The number of hydrogen-bond acceptors (Lipinski definition) is 5. The lowest BCUT2D eigenvalue weighted by atomic mass is 9.86. The number of rotatable bonds is 8. The maximum Gasteiger partial charge on any atom is 0.416 e. The van der Waals surface area contributed by atoms with Crippen molar-refractivity contribution in [2.75, 3.05) is 13.2 Å². The molecule has 0 aliphatic heterocycles. The molecule has 0 bridgehead atoms. The van der Waals surface area contributed by atoms with Crippen molar-refractivity contribution in [3.63, 3.8) is 0 Å². The average molecular weight is 505 g/mol. The number of fused-ring (bicyclic) bond motifs is 1. The van der Waals surface area contributed by atoms with Crippen LogP contribution >= 0.6 is 0 Å². The molecule has 0 fully saturated rings. The summed E-state index contributed by atoms with van der Waals surface area (Å²) in [6.45, 7) is 4.80. The van der Waals surface area contributed by atoms with Gasteiger partial charge in [-0.2, -0.15) is 18.3 Å². The van der Waals surface area contributed by atoms with Crippen molar-refractivity contribution in [1.82, 2.24) is 20.4 Å². The Kier molecular flexibility index (Phi) is 7.83. The van der Waals surface area contributed by atoms with E-state index in [0.29, 0.717) is 10.9 Å². The minimum absolute atomic E-state index is 0.00460. The number of Topliss-reactive ketones (excluding diaryl/α,β-unsaturated/α-hetero) is 1. The molecule has 0 unspecified atom stereocenters. The molecule has 2 amide bonds. The number of carbonyl (C=O) groups excluding carboxylic acids is 3. The van der Waals surface area contributed by atoms with Gasteiger partial charge < -0.3 is 15.7 Å². The van der Waals surface area contributed by atoms with Crippen LogP contribution in [0.4, 0.5) is 13.2 Å². The lowest BCUT2D eigenvalue weighted by Crippen LogP contribution is -2.54. The zero-order valence-corrected chi connectivity index (χ0v) is 20.0. The van der Waals surface area contributed by atoms with E-state index >= 15 is 0 Å². The van der Waals surface area contributed by atoms with E-state index in [1.165, 1.54) is 4.68 Å². The van der Waals surface area contributed by atoms with Crippen molar-refractivity contribution in [2.24, 2.45) is 5.41 Å². The number of halogens is 3. The third-order valence-electron chi connectivity index (χ3n) is 5.52. The summed E-state index contributed by atoms with van der Waals surface area (Å²) in [5.41, 5.74) is -0.984. The number of nitrogens with one attached hydrogen (secondary N) is 2. The molecule has 1 aromatic heterocycles. The van der Waals surface area contributed by atoms with Gasteiger partial charge in [0.1, 0.15) is 12.6 Å². The summed E-state index contributed by atoms with van der Waals surface area (Å²) in [6, 6.07) is 9.64. The van der Waals surface area contributed by atoms with Crippen LogP contribution in [-0.4, -0.2) is 51.7 Å². The molecule has 0 aliphatic carbocycles. The van der Waals surface area contributed by atoms with Gasteiger partial charge in [0.2, 0.25) is 5.91 Å². The van der Waals surface area contributed by atoms with E-state index in [0.717, 1.165) is 24.3 Å². The molecule has 192 valence electrons. The van der Waals surface area contributed by atoms with Crippen LogP contribution in [0.5, 0.6) is 0 Å². The van der Waals surface area contributed by atoms with Gasteiger partial charge in [-0.15, -0.1) is 0 Å². The molecule has 2 aromatic carbocycles. The quantitative estimate of drug-likeness (QED) is 0.408. The molecule has 3 rings (SSSR count). The van der Waals surface area contributed by atoms with Crippen LogP contribution in [0.1, 0.15) is 47.2 Å². The van der Waals surface area contributed by atoms with E-state index in [4.69, 9.17) is 5.11 Å². The summed E-state index contributed by atoms with van der Waals surface area (Å²) in [5, 5.41) is 19.0. The van der Waals surface area contributed by atoms with Gasteiger partial charge in [0, 0.05) is 17.5 Å². The molecule has 0 saturated heterocycles. The molecule has 0 saturated carbocycles. The Morgan fingerprint density at radius 3 is 2.25 bits per heavy atom. The lowest BCUT2D eigenvalue weighted by Gasteiger charge is -2.30. The smallest absolute Gasteiger partial charge is 0.395 e. The second kappa shape index (κ2) is 10.5. The Bertz CT molecular complexity index is 1260. The first-order chi connectivity index (χ1) is 16.8. The van der Waals surface area contributed by atoms with Crippen LogP contribution in [-0.2, 0) is 17.5 Å². The van der Waals surface area contributed by atoms with Crippen molar-refractivity contribution < 1.29 is 32.7 Å². The van der Waals surface area contributed by atoms with Crippen molar-refractivity contribution in [2.45, 2.75) is 39.5 Å². The highest BCUT2D eigenvalue weighted by atomic mass is 19.4. The van der Waals surface area contributed by atoms with Crippen molar-refractivity contribution >= 4 is 28.5 Å². The Labute approximate surface area is 205 Å². The predicted molar refractivity (Wildman–Crippen MR) is 126 cm³/mol. The summed E-state index contributed by atoms with van der Waals surface area (Å²) in [6.07, 6.45) is -4.51. The van der Waals surface area contributed by atoms with E-state index in [1.807, 2.05) is 0 Å². The Morgan fingerprint density at radius 2 is 1.67 bits per heavy atom. The average Bonchev–Trinajstić information content (AvgIpc) is 3.18. The van der Waals surface area contributed by atoms with Gasteiger partial charge in [-0.05, 0) is 23.6 Å². The Balaban J connectivity index is 1.88. The van der Waals surface area contributed by atoms with Crippen LogP contribution < -0.4 is 10.6 Å². The van der Waals surface area contributed by atoms with E-state index in [-0.39, 0.29) is 31.0 Å². The monoisotopic (exact) mass is 504 g/mol. The Hall–Kier alpha value is -3.73. The molecule has 0 aliphatic rings. The summed E-state index contributed by atoms with van der Waals surface area (Å²) in [4.78, 5) is 38.6. The topological polar surface area (TPSA) is 113 Å². The van der Waals surface area contributed by atoms with Crippen molar-refractivity contribution in [3.8, 4) is 0 Å². The molecule has 0 radical (unpaired) electrons. The Morgan fingerprint density at radius 1 is 1.03 bits per heavy atom.